The van der Waals surface area contributed by atoms with Crippen LogP contribution in [0.4, 0.5) is 0 Å². The highest BCUT2D eigenvalue weighted by molar-refractivity contribution is 5.20. The third-order valence-electron chi connectivity index (χ3n) is 4.90. The number of rotatable bonds is 10. The molecular weight excluding hydrogens is 298 g/mol. The molecule has 1 unspecified atom stereocenters. The summed E-state index contributed by atoms with van der Waals surface area (Å²) in [6.07, 6.45) is 5.98. The van der Waals surface area contributed by atoms with Gasteiger partial charge in [-0.05, 0) is 76.7 Å². The lowest BCUT2D eigenvalue weighted by Crippen LogP contribution is -2.42. The van der Waals surface area contributed by atoms with Crippen molar-refractivity contribution in [3.05, 3.63) is 29.6 Å². The number of hydrogen-bond acceptors (Lipinski definition) is 5. The predicted octanol–water partition coefficient (Wildman–Crippen LogP) is 2.22. The lowest BCUT2D eigenvalue weighted by molar-refractivity contribution is 0.167. The fraction of sp³-hybridized carbons (Fsp3) is 0.737. The first-order valence-electron chi connectivity index (χ1n) is 9.56. The Morgan fingerprint density at radius 1 is 1.33 bits per heavy atom. The van der Waals surface area contributed by atoms with E-state index in [1.165, 1.54) is 31.4 Å². The molecule has 0 saturated carbocycles. The first kappa shape index (κ1) is 19.3. The quantitative estimate of drug-likeness (QED) is 0.643. The van der Waals surface area contributed by atoms with E-state index in [1.54, 1.807) is 0 Å². The minimum Gasteiger partial charge on any atom is -0.311 e. The van der Waals surface area contributed by atoms with E-state index in [4.69, 9.17) is 0 Å². The molecule has 1 aromatic rings. The summed E-state index contributed by atoms with van der Waals surface area (Å²) in [6, 6.07) is 4.37. The van der Waals surface area contributed by atoms with Gasteiger partial charge in [-0.25, -0.2) is 0 Å². The molecule has 1 saturated heterocycles. The van der Waals surface area contributed by atoms with Gasteiger partial charge < -0.3 is 10.2 Å². The SMILES string of the molecule is CCN(CC)CCCCNCc1cc(C2NCCCN2C)ccn1. The summed E-state index contributed by atoms with van der Waals surface area (Å²) < 4.78 is 0. The van der Waals surface area contributed by atoms with E-state index in [0.29, 0.717) is 6.17 Å². The smallest absolute Gasteiger partial charge is 0.0859 e. The molecule has 1 aliphatic rings. The molecule has 0 aromatic carbocycles. The molecule has 0 aliphatic carbocycles. The second kappa shape index (κ2) is 10.8. The molecular formula is C19H35N5. The molecule has 0 amide bonds. The molecule has 0 spiro atoms. The molecule has 2 heterocycles. The van der Waals surface area contributed by atoms with Crippen molar-refractivity contribution in [1.29, 1.82) is 0 Å². The van der Waals surface area contributed by atoms with E-state index in [0.717, 1.165) is 45.0 Å². The molecule has 0 bridgehead atoms. The standard InChI is InChI=1S/C19H35N5/c1-4-24(5-2)14-7-6-10-20-16-18-15-17(9-12-21-18)19-22-11-8-13-23(19)3/h9,12,15,19-20,22H,4-8,10-11,13-14,16H2,1-3H3. The van der Waals surface area contributed by atoms with Gasteiger partial charge in [0.1, 0.15) is 0 Å². The van der Waals surface area contributed by atoms with Crippen LogP contribution < -0.4 is 10.6 Å². The van der Waals surface area contributed by atoms with Crippen molar-refractivity contribution in [2.75, 3.05) is 46.3 Å². The number of hydrogen-bond donors (Lipinski definition) is 2. The number of nitrogens with one attached hydrogen (secondary N) is 2. The van der Waals surface area contributed by atoms with E-state index in [-0.39, 0.29) is 0 Å². The van der Waals surface area contributed by atoms with Gasteiger partial charge in [0.05, 0.1) is 11.9 Å². The average molecular weight is 334 g/mol. The molecule has 5 heteroatoms. The van der Waals surface area contributed by atoms with Crippen LogP contribution in [0.1, 0.15) is 50.5 Å². The molecule has 0 radical (unpaired) electrons. The minimum atomic E-state index is 0.328. The Labute approximate surface area is 147 Å². The van der Waals surface area contributed by atoms with Crippen LogP contribution in [0.5, 0.6) is 0 Å². The summed E-state index contributed by atoms with van der Waals surface area (Å²) >= 11 is 0. The maximum atomic E-state index is 4.51. The van der Waals surface area contributed by atoms with Gasteiger partial charge >= 0.3 is 0 Å². The van der Waals surface area contributed by atoms with Crippen LogP contribution in [0.15, 0.2) is 18.3 Å². The fourth-order valence-electron chi connectivity index (χ4n) is 3.33. The Hall–Kier alpha value is -1.01. The summed E-state index contributed by atoms with van der Waals surface area (Å²) in [5, 5.41) is 7.13. The van der Waals surface area contributed by atoms with Gasteiger partial charge in [-0.3, -0.25) is 15.2 Å². The molecule has 2 rings (SSSR count). The number of aromatic nitrogens is 1. The predicted molar refractivity (Wildman–Crippen MR) is 101 cm³/mol. The molecule has 1 fully saturated rings. The lowest BCUT2D eigenvalue weighted by atomic mass is 10.1. The number of nitrogens with zero attached hydrogens (tertiary/aromatic N) is 3. The van der Waals surface area contributed by atoms with Gasteiger partial charge in [-0.2, -0.15) is 0 Å². The summed E-state index contributed by atoms with van der Waals surface area (Å²) in [4.78, 5) is 9.38. The van der Waals surface area contributed by atoms with Gasteiger partial charge in [-0.15, -0.1) is 0 Å². The highest BCUT2D eigenvalue weighted by atomic mass is 15.3. The molecule has 1 aromatic heterocycles. The number of unbranched alkanes of at least 4 members (excludes halogenated alkanes) is 1. The van der Waals surface area contributed by atoms with E-state index in [2.05, 4.69) is 58.4 Å². The van der Waals surface area contributed by atoms with Crippen LogP contribution in [-0.2, 0) is 6.54 Å². The Balaban J connectivity index is 1.70. The van der Waals surface area contributed by atoms with Crippen molar-refractivity contribution in [3.63, 3.8) is 0 Å². The van der Waals surface area contributed by atoms with Crippen molar-refractivity contribution in [1.82, 2.24) is 25.4 Å². The van der Waals surface area contributed by atoms with Crippen LogP contribution in [-0.4, -0.2) is 61.1 Å². The molecule has 1 atom stereocenters. The van der Waals surface area contributed by atoms with E-state index in [9.17, 15) is 0 Å². The van der Waals surface area contributed by atoms with Crippen LogP contribution in [0.3, 0.4) is 0 Å². The van der Waals surface area contributed by atoms with Crippen LogP contribution >= 0.6 is 0 Å². The average Bonchev–Trinajstić information content (AvgIpc) is 2.62. The normalized spacial score (nSPS) is 19.1. The van der Waals surface area contributed by atoms with Gasteiger partial charge in [0.25, 0.3) is 0 Å². The second-order valence-electron chi connectivity index (χ2n) is 6.68. The van der Waals surface area contributed by atoms with Crippen molar-refractivity contribution >= 4 is 0 Å². The van der Waals surface area contributed by atoms with Gasteiger partial charge in [0, 0.05) is 19.3 Å². The lowest BCUT2D eigenvalue weighted by Gasteiger charge is -2.33. The monoisotopic (exact) mass is 333 g/mol. The molecule has 24 heavy (non-hydrogen) atoms. The first-order valence-corrected chi connectivity index (χ1v) is 9.56. The highest BCUT2D eigenvalue weighted by Crippen LogP contribution is 2.19. The Morgan fingerprint density at radius 3 is 2.92 bits per heavy atom. The highest BCUT2D eigenvalue weighted by Gasteiger charge is 2.20. The third-order valence-corrected chi connectivity index (χ3v) is 4.90. The molecule has 1 aliphatic heterocycles. The van der Waals surface area contributed by atoms with Gasteiger partial charge in [0.2, 0.25) is 0 Å². The van der Waals surface area contributed by atoms with E-state index in [1.807, 2.05) is 6.20 Å². The summed E-state index contributed by atoms with van der Waals surface area (Å²) in [5.74, 6) is 0. The van der Waals surface area contributed by atoms with Crippen molar-refractivity contribution in [2.45, 2.75) is 45.8 Å². The number of pyridine rings is 1. The zero-order valence-electron chi connectivity index (χ0n) is 15.7. The zero-order chi connectivity index (χ0) is 17.2. The second-order valence-corrected chi connectivity index (χ2v) is 6.68. The molecule has 136 valence electrons. The van der Waals surface area contributed by atoms with Gasteiger partial charge in [-0.1, -0.05) is 13.8 Å². The maximum absolute atomic E-state index is 4.51. The van der Waals surface area contributed by atoms with Crippen LogP contribution in [0.25, 0.3) is 0 Å². The maximum Gasteiger partial charge on any atom is 0.0859 e. The fourth-order valence-corrected chi connectivity index (χ4v) is 3.33. The molecule has 2 N–H and O–H groups in total. The van der Waals surface area contributed by atoms with Crippen molar-refractivity contribution < 1.29 is 0 Å². The summed E-state index contributed by atoms with van der Waals surface area (Å²) in [5.41, 5.74) is 2.46. The Morgan fingerprint density at radius 2 is 2.17 bits per heavy atom. The summed E-state index contributed by atoms with van der Waals surface area (Å²) in [7, 11) is 2.19. The first-order chi connectivity index (χ1) is 11.7. The summed E-state index contributed by atoms with van der Waals surface area (Å²) in [6.45, 7) is 12.2. The topological polar surface area (TPSA) is 43.4 Å². The van der Waals surface area contributed by atoms with Crippen molar-refractivity contribution in [3.8, 4) is 0 Å². The zero-order valence-corrected chi connectivity index (χ0v) is 15.7. The van der Waals surface area contributed by atoms with Crippen LogP contribution in [0, 0.1) is 0 Å². The van der Waals surface area contributed by atoms with Crippen molar-refractivity contribution in [2.24, 2.45) is 0 Å². The van der Waals surface area contributed by atoms with Crippen LogP contribution in [0.2, 0.25) is 0 Å². The van der Waals surface area contributed by atoms with E-state index >= 15 is 0 Å². The minimum absolute atomic E-state index is 0.328. The van der Waals surface area contributed by atoms with Gasteiger partial charge in [0.15, 0.2) is 0 Å². The Bertz CT molecular complexity index is 461. The third kappa shape index (κ3) is 6.13. The largest absolute Gasteiger partial charge is 0.311 e. The van der Waals surface area contributed by atoms with E-state index < -0.39 is 0 Å². The molecule has 5 nitrogen and oxygen atoms in total. The Kier molecular flexibility index (Phi) is 8.67.